The predicted molar refractivity (Wildman–Crippen MR) is 235 cm³/mol. The third kappa shape index (κ3) is 31.1. The fraction of sp³-hybridized carbons (Fsp3) is 0.851. The van der Waals surface area contributed by atoms with E-state index in [0.717, 1.165) is 12.8 Å². The quantitative estimate of drug-likeness (QED) is 0.0489. The number of hydrogen-bond donors (Lipinski definition) is 0. The first-order valence-corrected chi connectivity index (χ1v) is 24.6. The molecule has 0 aliphatic carbocycles. The molecule has 1 aromatic carbocycles. The van der Waals surface area contributed by atoms with Crippen molar-refractivity contribution in [3.05, 3.63) is 29.8 Å². The number of quaternary nitrogens is 1. The van der Waals surface area contributed by atoms with Crippen molar-refractivity contribution in [3.8, 4) is 11.8 Å². The summed E-state index contributed by atoms with van der Waals surface area (Å²) in [6, 6.07) is 8.35. The monoisotopic (exact) mass is 794 g/mol. The maximum Gasteiger partial charge on any atom is 0.401 e. The Morgan fingerprint density at radius 3 is 1.16 bits per heavy atom. The summed E-state index contributed by atoms with van der Waals surface area (Å²) in [6.45, 7) is 17.4. The molecule has 322 valence electrons. The van der Waals surface area contributed by atoms with E-state index in [2.05, 4.69) is 34.6 Å². The molecule has 1 unspecified atom stereocenters. The molecule has 1 rings (SSSR count). The number of rotatable bonds is 38. The Morgan fingerprint density at radius 1 is 0.527 bits per heavy atom. The van der Waals surface area contributed by atoms with Gasteiger partial charge in [0.25, 0.3) is 0 Å². The minimum Gasteiger partial charge on any atom is -0.497 e. The number of ether oxygens (including phenoxy) is 1. The summed E-state index contributed by atoms with van der Waals surface area (Å²) in [6.07, 6.45) is 35.7. The molecule has 1 atom stereocenters. The minimum atomic E-state index is -4.24. The lowest BCUT2D eigenvalue weighted by Crippen LogP contribution is -2.50. The van der Waals surface area contributed by atoms with Gasteiger partial charge in [0.1, 0.15) is 11.8 Å². The van der Waals surface area contributed by atoms with Gasteiger partial charge in [0, 0.05) is 0 Å². The molecular formula is C47H89N2O5S+. The lowest BCUT2D eigenvalue weighted by Gasteiger charge is -2.39. The normalized spacial score (nSPS) is 12.2. The topological polar surface area (TPSA) is 85.6 Å². The van der Waals surface area contributed by atoms with E-state index in [9.17, 15) is 13.7 Å². The van der Waals surface area contributed by atoms with Crippen molar-refractivity contribution in [2.45, 2.75) is 221 Å². The van der Waals surface area contributed by atoms with Crippen LogP contribution in [0.15, 0.2) is 24.3 Å². The lowest BCUT2D eigenvalue weighted by atomic mass is 10.0. The molecule has 0 amide bonds. The van der Waals surface area contributed by atoms with Crippen LogP contribution in [-0.2, 0) is 18.8 Å². The van der Waals surface area contributed by atoms with Crippen LogP contribution in [0.25, 0.3) is 0 Å². The molecule has 0 N–H and O–H groups in total. The molecule has 0 saturated heterocycles. The second-order valence-corrected chi connectivity index (χ2v) is 17.2. The van der Waals surface area contributed by atoms with Gasteiger partial charge in [-0.25, -0.2) is 8.37 Å². The van der Waals surface area contributed by atoms with Crippen molar-refractivity contribution >= 4 is 10.4 Å². The highest BCUT2D eigenvalue weighted by atomic mass is 32.3. The first-order chi connectivity index (χ1) is 26.8. The van der Waals surface area contributed by atoms with Crippen molar-refractivity contribution in [3.63, 3.8) is 0 Å². The highest BCUT2D eigenvalue weighted by Gasteiger charge is 2.25. The van der Waals surface area contributed by atoms with Gasteiger partial charge in [-0.1, -0.05) is 194 Å². The molecule has 0 aromatic heterocycles. The second kappa shape index (κ2) is 37.9. The molecule has 0 spiro atoms. The maximum absolute atomic E-state index is 12.1. The standard InChI is InChI=1S/C31H53NO5S.C16H36N/c1-3-4-5-6-7-8-9-10-11-12-13-14-15-16-17-18-19-20-21-22-27-36-38(33,34)37-31(28-32)29-23-25-30(35-2)26-24-29;1-5-9-13-17(14-10-6-2,15-11-7-3)16-12-8-4/h23-26,31H,3-22,27H2,1-2H3;5-16H2,1-4H3/q;+1. The fourth-order valence-electron chi connectivity index (χ4n) is 7.24. The Hall–Kier alpha value is -1.66. The summed E-state index contributed by atoms with van der Waals surface area (Å²) in [4.78, 5) is 0. The summed E-state index contributed by atoms with van der Waals surface area (Å²) < 4.78 is 40.5. The van der Waals surface area contributed by atoms with Crippen LogP contribution in [-0.4, -0.2) is 52.8 Å². The van der Waals surface area contributed by atoms with Crippen molar-refractivity contribution in [2.24, 2.45) is 0 Å². The number of nitriles is 1. The first-order valence-electron chi connectivity index (χ1n) is 23.2. The van der Waals surface area contributed by atoms with Crippen molar-refractivity contribution in [1.82, 2.24) is 0 Å². The fourth-order valence-corrected chi connectivity index (χ4v) is 8.01. The molecule has 0 radical (unpaired) electrons. The number of benzene rings is 1. The zero-order chi connectivity index (χ0) is 40.7. The minimum absolute atomic E-state index is 0.0715. The Kier molecular flexibility index (Phi) is 36.7. The maximum atomic E-state index is 12.1. The average Bonchev–Trinajstić information content (AvgIpc) is 3.20. The van der Waals surface area contributed by atoms with E-state index in [1.165, 1.54) is 198 Å². The van der Waals surface area contributed by atoms with E-state index in [0.29, 0.717) is 17.7 Å². The first kappa shape index (κ1) is 53.3. The van der Waals surface area contributed by atoms with Crippen LogP contribution in [0.4, 0.5) is 0 Å². The molecule has 55 heavy (non-hydrogen) atoms. The summed E-state index contributed by atoms with van der Waals surface area (Å²) in [5.74, 6) is 0.615. The van der Waals surface area contributed by atoms with Gasteiger partial charge < -0.3 is 9.22 Å². The van der Waals surface area contributed by atoms with Crippen LogP contribution in [0.3, 0.4) is 0 Å². The molecule has 0 bridgehead atoms. The van der Waals surface area contributed by atoms with E-state index < -0.39 is 16.5 Å². The van der Waals surface area contributed by atoms with E-state index in [-0.39, 0.29) is 6.61 Å². The number of methoxy groups -OCH3 is 1. The molecule has 0 fully saturated rings. The predicted octanol–water partition coefficient (Wildman–Crippen LogP) is 14.4. The summed E-state index contributed by atoms with van der Waals surface area (Å²) in [5.41, 5.74) is 0.430. The van der Waals surface area contributed by atoms with Crippen molar-refractivity contribution < 1.29 is 26.0 Å². The van der Waals surface area contributed by atoms with Gasteiger partial charge in [0.2, 0.25) is 0 Å². The molecular weight excluding hydrogens is 705 g/mol. The molecule has 0 aliphatic rings. The Bertz CT molecular complexity index is 1070. The second-order valence-electron chi connectivity index (χ2n) is 16.0. The van der Waals surface area contributed by atoms with Gasteiger partial charge in [-0.05, 0) is 49.8 Å². The average molecular weight is 794 g/mol. The van der Waals surface area contributed by atoms with Crippen LogP contribution in [0, 0.1) is 11.3 Å². The lowest BCUT2D eigenvalue weighted by molar-refractivity contribution is -0.929. The Balaban J connectivity index is 0.00000143. The van der Waals surface area contributed by atoms with Gasteiger partial charge in [-0.3, -0.25) is 0 Å². The third-order valence-corrected chi connectivity index (χ3v) is 11.8. The van der Waals surface area contributed by atoms with Crippen LogP contribution < -0.4 is 4.74 Å². The van der Waals surface area contributed by atoms with Crippen molar-refractivity contribution in [1.29, 1.82) is 5.26 Å². The van der Waals surface area contributed by atoms with E-state index >= 15 is 0 Å². The van der Waals surface area contributed by atoms with Crippen LogP contribution >= 0.6 is 0 Å². The molecule has 1 aromatic rings. The largest absolute Gasteiger partial charge is 0.497 e. The van der Waals surface area contributed by atoms with Crippen LogP contribution in [0.1, 0.15) is 226 Å². The van der Waals surface area contributed by atoms with Gasteiger partial charge >= 0.3 is 10.4 Å². The van der Waals surface area contributed by atoms with Gasteiger partial charge in [-0.2, -0.15) is 13.7 Å². The molecule has 0 saturated carbocycles. The number of unbranched alkanes of at least 4 members (excludes halogenated alkanes) is 23. The summed E-state index contributed by atoms with van der Waals surface area (Å²) in [7, 11) is -2.70. The Labute approximate surface area is 342 Å². The van der Waals surface area contributed by atoms with Crippen LogP contribution in [0.5, 0.6) is 5.75 Å². The number of hydrogen-bond acceptors (Lipinski definition) is 6. The molecule has 8 heteroatoms. The Morgan fingerprint density at radius 2 is 0.855 bits per heavy atom. The SMILES string of the molecule is CCCCCCCCCCCCCCCCCCCCCCOS(=O)(=O)OC(C#N)c1ccc(OC)cc1.CCCC[N+](CCCC)(CCCC)CCCC. The zero-order valence-electron chi connectivity index (χ0n) is 37.1. The highest BCUT2D eigenvalue weighted by molar-refractivity contribution is 7.81. The third-order valence-electron chi connectivity index (χ3n) is 10.9. The van der Waals surface area contributed by atoms with E-state index in [1.807, 2.05) is 6.07 Å². The summed E-state index contributed by atoms with van der Waals surface area (Å²) >= 11 is 0. The van der Waals surface area contributed by atoms with Crippen LogP contribution in [0.2, 0.25) is 0 Å². The molecule has 0 heterocycles. The van der Waals surface area contributed by atoms with E-state index in [4.69, 9.17) is 13.1 Å². The summed E-state index contributed by atoms with van der Waals surface area (Å²) in [5, 5.41) is 9.29. The number of nitrogens with zero attached hydrogens (tertiary/aromatic N) is 2. The van der Waals surface area contributed by atoms with Gasteiger partial charge in [0.05, 0.1) is 39.9 Å². The smallest absolute Gasteiger partial charge is 0.401 e. The highest BCUT2D eigenvalue weighted by Crippen LogP contribution is 2.23. The van der Waals surface area contributed by atoms with Crippen molar-refractivity contribution in [2.75, 3.05) is 39.9 Å². The zero-order valence-corrected chi connectivity index (χ0v) is 37.9. The molecule has 0 aliphatic heterocycles. The van der Waals surface area contributed by atoms with E-state index in [1.54, 1.807) is 24.3 Å². The van der Waals surface area contributed by atoms with Gasteiger partial charge in [-0.15, -0.1) is 0 Å². The van der Waals surface area contributed by atoms with Gasteiger partial charge in [0.15, 0.2) is 6.10 Å². The molecule has 7 nitrogen and oxygen atoms in total.